The van der Waals surface area contributed by atoms with E-state index < -0.39 is 239 Å². The van der Waals surface area contributed by atoms with Gasteiger partial charge in [0.05, 0.1) is 25.9 Å². The summed E-state index contributed by atoms with van der Waals surface area (Å²) >= 11 is 0. The summed E-state index contributed by atoms with van der Waals surface area (Å²) in [6.07, 6.45) is -53.0. The van der Waals surface area contributed by atoms with Gasteiger partial charge in [-0.3, -0.25) is 14.4 Å². The number of aliphatic hydroxyl groups excluding tert-OH is 12. The van der Waals surface area contributed by atoms with Crippen molar-refractivity contribution in [3.63, 3.8) is 0 Å². The Morgan fingerprint density at radius 1 is 0.375 bits per heavy atom. The number of carbonyl (C=O) groups is 6. The van der Waals surface area contributed by atoms with E-state index in [0.29, 0.717) is 0 Å². The maximum atomic E-state index is 12.8. The fourth-order valence-corrected chi connectivity index (χ4v) is 10.1. The van der Waals surface area contributed by atoms with Crippen LogP contribution in [-0.2, 0) is 85.6 Å². The van der Waals surface area contributed by atoms with Crippen molar-refractivity contribution in [1.29, 1.82) is 0 Å². The molecule has 18 N–H and O–H groups in total. The van der Waals surface area contributed by atoms with Crippen LogP contribution in [0.5, 0.6) is 0 Å². The molecule has 6 rings (SSSR count). The van der Waals surface area contributed by atoms with Crippen molar-refractivity contribution >= 4 is 35.6 Å². The Hall–Kier alpha value is -4.14. The first-order valence-electron chi connectivity index (χ1n) is 24.8. The number of amides is 3. The molecule has 0 radical (unpaired) electrons. The molecule has 36 nitrogen and oxygen atoms in total. The second-order valence-electron chi connectivity index (χ2n) is 19.7. The maximum Gasteiger partial charge on any atom is 0.335 e. The van der Waals surface area contributed by atoms with Crippen LogP contribution in [0.1, 0.15) is 27.7 Å². The van der Waals surface area contributed by atoms with Crippen LogP contribution in [0.15, 0.2) is 0 Å². The second-order valence-corrected chi connectivity index (χ2v) is 19.7. The van der Waals surface area contributed by atoms with E-state index >= 15 is 0 Å². The van der Waals surface area contributed by atoms with E-state index in [1.807, 2.05) is 0 Å². The smallest absolute Gasteiger partial charge is 0.335 e. The molecule has 30 atom stereocenters. The molecule has 6 saturated heterocycles. The van der Waals surface area contributed by atoms with Crippen LogP contribution in [0.25, 0.3) is 0 Å². The first-order chi connectivity index (χ1) is 37.6. The van der Waals surface area contributed by atoms with Crippen molar-refractivity contribution in [3.05, 3.63) is 0 Å². The molecule has 3 amide bonds. The van der Waals surface area contributed by atoms with Gasteiger partial charge in [-0.25, -0.2) is 14.4 Å². The summed E-state index contributed by atoms with van der Waals surface area (Å²) in [6, 6.07) is -5.14. The molecule has 36 heteroatoms. The summed E-state index contributed by atoms with van der Waals surface area (Å²) in [6.45, 7) is 1.12. The topological polar surface area (TPSA) is 553 Å². The van der Waals surface area contributed by atoms with Crippen LogP contribution >= 0.6 is 0 Å². The molecule has 0 aromatic rings. The van der Waals surface area contributed by atoms with Gasteiger partial charge in [0.1, 0.15) is 116 Å². The van der Waals surface area contributed by atoms with Crippen molar-refractivity contribution in [2.45, 2.75) is 206 Å². The summed E-state index contributed by atoms with van der Waals surface area (Å²) in [7, 11) is 1.16. The van der Waals surface area contributed by atoms with Crippen molar-refractivity contribution < 1.29 is 162 Å². The van der Waals surface area contributed by atoms with Crippen molar-refractivity contribution in [3.8, 4) is 0 Å². The Balaban J connectivity index is 1.18. The van der Waals surface area contributed by atoms with Gasteiger partial charge in [0.2, 0.25) is 17.7 Å². The molecular formula is C44H69N3O33. The number of methoxy groups -OCH3 is 1. The number of rotatable bonds is 20. The van der Waals surface area contributed by atoms with E-state index in [1.54, 1.807) is 0 Å². The average Bonchev–Trinajstić information content (AvgIpc) is 3.40. The van der Waals surface area contributed by atoms with Gasteiger partial charge < -0.3 is 149 Å². The highest BCUT2D eigenvalue weighted by Gasteiger charge is 2.60. The van der Waals surface area contributed by atoms with Gasteiger partial charge in [-0.15, -0.1) is 0 Å². The molecule has 6 fully saturated rings. The highest BCUT2D eigenvalue weighted by molar-refractivity contribution is 5.75. The van der Waals surface area contributed by atoms with Crippen LogP contribution < -0.4 is 16.0 Å². The Morgan fingerprint density at radius 3 is 0.938 bits per heavy atom. The number of nitrogens with one attached hydrogen (secondary N) is 3. The number of hydrogen-bond acceptors (Lipinski definition) is 30. The van der Waals surface area contributed by atoms with Gasteiger partial charge in [0.25, 0.3) is 0 Å². The minimum Gasteiger partial charge on any atom is -0.479 e. The lowest BCUT2D eigenvalue weighted by atomic mass is 9.90. The molecule has 6 aliphatic rings. The summed E-state index contributed by atoms with van der Waals surface area (Å²) in [5.41, 5.74) is 0. The average molecular weight is 1170 g/mol. The molecule has 0 aromatic carbocycles. The molecule has 80 heavy (non-hydrogen) atoms. The Labute approximate surface area is 451 Å². The minimum atomic E-state index is -2.43. The van der Waals surface area contributed by atoms with Gasteiger partial charge in [0, 0.05) is 33.8 Å². The van der Waals surface area contributed by atoms with Gasteiger partial charge in [-0.2, -0.15) is 0 Å². The van der Waals surface area contributed by atoms with E-state index in [2.05, 4.69) is 16.0 Å². The fourth-order valence-electron chi connectivity index (χ4n) is 10.1. The highest BCUT2D eigenvalue weighted by Crippen LogP contribution is 2.37. The third kappa shape index (κ3) is 13.9. The van der Waals surface area contributed by atoms with E-state index in [-0.39, 0.29) is 0 Å². The van der Waals surface area contributed by atoms with Gasteiger partial charge >= 0.3 is 17.9 Å². The zero-order valence-electron chi connectivity index (χ0n) is 43.0. The molecule has 0 saturated carbocycles. The van der Waals surface area contributed by atoms with E-state index in [4.69, 9.17) is 56.8 Å². The van der Waals surface area contributed by atoms with Crippen LogP contribution in [-0.4, -0.2) is 317 Å². The van der Waals surface area contributed by atoms with E-state index in [0.717, 1.165) is 27.9 Å². The van der Waals surface area contributed by atoms with Crippen LogP contribution in [0.3, 0.4) is 0 Å². The Morgan fingerprint density at radius 2 is 0.650 bits per heavy atom. The minimum absolute atomic E-state index is 0.666. The monoisotopic (exact) mass is 1170 g/mol. The molecule has 0 aliphatic carbocycles. The Bertz CT molecular complexity index is 2140. The van der Waals surface area contributed by atoms with E-state index in [1.165, 1.54) is 6.92 Å². The van der Waals surface area contributed by atoms with Crippen LogP contribution in [0.4, 0.5) is 0 Å². The maximum absolute atomic E-state index is 12.8. The molecule has 6 aliphatic heterocycles. The van der Waals surface area contributed by atoms with E-state index in [9.17, 15) is 105 Å². The van der Waals surface area contributed by atoms with Crippen LogP contribution in [0.2, 0.25) is 0 Å². The zero-order valence-corrected chi connectivity index (χ0v) is 43.0. The quantitative estimate of drug-likeness (QED) is 0.0538. The number of aliphatic hydroxyl groups is 12. The van der Waals surface area contributed by atoms with Crippen LogP contribution in [0, 0.1) is 5.92 Å². The number of aliphatic carboxylic acids is 3. The first kappa shape index (κ1) is 65.0. The van der Waals surface area contributed by atoms with Gasteiger partial charge in [-0.1, -0.05) is 6.92 Å². The summed E-state index contributed by atoms with van der Waals surface area (Å²) in [5.74, 6) is -9.08. The second kappa shape index (κ2) is 27.5. The molecule has 18 unspecified atom stereocenters. The number of carboxylic acid groups (broad SMARTS) is 3. The number of carboxylic acids is 3. The molecular weight excluding hydrogens is 1100 g/mol. The third-order valence-electron chi connectivity index (χ3n) is 14.1. The molecule has 458 valence electrons. The SMILES string of the molecule is CO[C@H]1OC(CO)[C@@H](O[C@@H]2OC(C(=O)O)[C@@H](O[C@H]3OC(CO)[C@@H](O[C@@H]4OC(C(=O)O)[C@@H](O[C@H]5OC(CO)[C@@H](O[C@@H]6OC(C(=O)O)[C@@H](C)C(O)C6O)C(O)C5NC(C)=O)C(O)C4O)C(O)C3NC(C)=O)C(O)C2O)C(O)C1NC(C)=O. The summed E-state index contributed by atoms with van der Waals surface area (Å²) < 4.78 is 67.2. The Kier molecular flexibility index (Phi) is 22.4. The normalized spacial score (nSPS) is 46.2. The molecule has 0 spiro atoms. The predicted molar refractivity (Wildman–Crippen MR) is 244 cm³/mol. The lowest BCUT2D eigenvalue weighted by molar-refractivity contribution is -0.378. The van der Waals surface area contributed by atoms with Gasteiger partial charge in [-0.05, 0) is 0 Å². The zero-order chi connectivity index (χ0) is 59.5. The summed E-state index contributed by atoms with van der Waals surface area (Å²) in [4.78, 5) is 74.3. The largest absolute Gasteiger partial charge is 0.479 e. The number of carbonyl (C=O) groups excluding carboxylic acids is 3. The molecule has 0 aromatic heterocycles. The van der Waals surface area contributed by atoms with Gasteiger partial charge in [0.15, 0.2) is 56.1 Å². The lowest BCUT2D eigenvalue weighted by Crippen LogP contribution is -2.71. The lowest BCUT2D eigenvalue weighted by Gasteiger charge is -2.50. The van der Waals surface area contributed by atoms with Crippen molar-refractivity contribution in [2.24, 2.45) is 5.92 Å². The first-order valence-corrected chi connectivity index (χ1v) is 24.8. The number of hydrogen-bond donors (Lipinski definition) is 18. The highest BCUT2D eigenvalue weighted by atomic mass is 16.8. The predicted octanol–water partition coefficient (Wildman–Crippen LogP) is -11.5. The number of ether oxygens (including phenoxy) is 12. The molecule has 0 bridgehead atoms. The standard InChI is InChI=1S/C44H69N3O33/c1-9-19(54)25(60)42(73-28(9)36(63)64)74-30-14(7-49)71-40(17(21(30)56)46-11(3)52)77-33-24(59)27(62)44(80-35(33)38(67)68)76-31-15(8-50)72-41(18(22(31)57)47-12(4)53)78-32-23(58)26(61)43(79-34(32)37(65)66)75-29-13(6-48)70-39(69-5)16(20(29)55)45-10(2)51/h9,13-35,39-44,48-50,54-62H,6-8H2,1-5H3,(H,45,51)(H,46,52)(H,47,53)(H,63,64)(H,65,66)(H,67,68)/t9-,13?,14?,15?,16?,17?,18?,19?,20?,21?,22?,23?,24?,25?,26?,27?,28?,29+,30+,31+,32-,33-,34?,35?,39-,40+,41+,42-,43+,44+/m0/s1. The third-order valence-corrected chi connectivity index (χ3v) is 14.1. The molecule has 6 heterocycles. The summed E-state index contributed by atoms with van der Waals surface area (Å²) in [5, 5.41) is 169. The van der Waals surface area contributed by atoms with Crippen molar-refractivity contribution in [1.82, 2.24) is 16.0 Å². The fraction of sp³-hybridized carbons (Fsp3) is 0.864. The van der Waals surface area contributed by atoms with Crippen molar-refractivity contribution in [2.75, 3.05) is 26.9 Å².